The van der Waals surface area contributed by atoms with Crippen LogP contribution in [-0.4, -0.2) is 61.4 Å². The number of hydrogen-bond donors (Lipinski definition) is 0. The standard InChI is InChI=1S/C26H33N3O4/c1-18(2)26(31)28(13-14-32-4)17-25(30)29-24(20-11-9-19(3)10-12-20)16-23(27-29)21-7-6-8-22(15-21)33-5/h6-12,15,18,24H,13-14,16-17H2,1-5H3/t24-/m0/s1. The molecule has 3 rings (SSSR count). The number of methoxy groups -OCH3 is 2. The first-order valence-corrected chi connectivity index (χ1v) is 11.2. The number of aryl methyl sites for hydroxylation is 1. The van der Waals surface area contributed by atoms with Crippen LogP contribution in [-0.2, 0) is 14.3 Å². The van der Waals surface area contributed by atoms with Crippen LogP contribution in [0.15, 0.2) is 53.6 Å². The molecule has 176 valence electrons. The average molecular weight is 452 g/mol. The highest BCUT2D eigenvalue weighted by Gasteiger charge is 2.34. The SMILES string of the molecule is COCCN(CC(=O)N1N=C(c2cccc(OC)c2)C[C@H]1c1ccc(C)cc1)C(=O)C(C)C. The highest BCUT2D eigenvalue weighted by Crippen LogP contribution is 2.33. The Kier molecular flexibility index (Phi) is 8.22. The van der Waals surface area contributed by atoms with Crippen molar-refractivity contribution in [3.8, 4) is 5.75 Å². The zero-order chi connectivity index (χ0) is 24.0. The summed E-state index contributed by atoms with van der Waals surface area (Å²) in [4.78, 5) is 27.7. The fraction of sp³-hybridized carbons (Fsp3) is 0.423. The fourth-order valence-electron chi connectivity index (χ4n) is 3.84. The minimum Gasteiger partial charge on any atom is -0.497 e. The lowest BCUT2D eigenvalue weighted by Crippen LogP contribution is -2.44. The highest BCUT2D eigenvalue weighted by atomic mass is 16.5. The molecule has 1 atom stereocenters. The van der Waals surface area contributed by atoms with Crippen molar-refractivity contribution in [3.05, 3.63) is 65.2 Å². The van der Waals surface area contributed by atoms with Gasteiger partial charge in [-0.3, -0.25) is 9.59 Å². The fourth-order valence-corrected chi connectivity index (χ4v) is 3.84. The molecule has 1 heterocycles. The topological polar surface area (TPSA) is 71.4 Å². The van der Waals surface area contributed by atoms with E-state index < -0.39 is 0 Å². The summed E-state index contributed by atoms with van der Waals surface area (Å²) in [6.07, 6.45) is 0.582. The minimum atomic E-state index is -0.238. The summed E-state index contributed by atoms with van der Waals surface area (Å²) in [6.45, 7) is 6.37. The van der Waals surface area contributed by atoms with Gasteiger partial charge in [0.25, 0.3) is 5.91 Å². The van der Waals surface area contributed by atoms with E-state index in [1.165, 1.54) is 5.01 Å². The van der Waals surface area contributed by atoms with Crippen LogP contribution in [0.2, 0.25) is 0 Å². The summed E-state index contributed by atoms with van der Waals surface area (Å²) in [5, 5.41) is 6.26. The van der Waals surface area contributed by atoms with Gasteiger partial charge in [-0.15, -0.1) is 0 Å². The molecular formula is C26H33N3O4. The van der Waals surface area contributed by atoms with Crippen LogP contribution in [0.5, 0.6) is 5.75 Å². The summed E-state index contributed by atoms with van der Waals surface area (Å²) in [5.41, 5.74) is 3.88. The van der Waals surface area contributed by atoms with Gasteiger partial charge in [-0.25, -0.2) is 5.01 Å². The van der Waals surface area contributed by atoms with E-state index in [0.29, 0.717) is 19.6 Å². The maximum atomic E-state index is 13.5. The lowest BCUT2D eigenvalue weighted by atomic mass is 9.97. The van der Waals surface area contributed by atoms with E-state index in [4.69, 9.17) is 14.6 Å². The maximum absolute atomic E-state index is 13.5. The summed E-state index contributed by atoms with van der Waals surface area (Å²) >= 11 is 0. The number of carbonyl (C=O) groups excluding carboxylic acids is 2. The number of hydrazone groups is 1. The molecule has 7 heteroatoms. The number of ether oxygens (including phenoxy) is 2. The number of rotatable bonds is 9. The van der Waals surface area contributed by atoms with Crippen LogP contribution in [0.25, 0.3) is 0 Å². The molecular weight excluding hydrogens is 418 g/mol. The predicted molar refractivity (Wildman–Crippen MR) is 128 cm³/mol. The summed E-state index contributed by atoms with van der Waals surface area (Å²) in [5.74, 6) is 0.226. The Hall–Kier alpha value is -3.19. The van der Waals surface area contributed by atoms with Gasteiger partial charge in [-0.1, -0.05) is 55.8 Å². The smallest absolute Gasteiger partial charge is 0.262 e. The van der Waals surface area contributed by atoms with Gasteiger partial charge in [0.15, 0.2) is 0 Å². The van der Waals surface area contributed by atoms with Crippen molar-refractivity contribution in [2.24, 2.45) is 11.0 Å². The van der Waals surface area contributed by atoms with Crippen LogP contribution in [0.3, 0.4) is 0 Å². The number of nitrogens with zero attached hydrogens (tertiary/aromatic N) is 3. The molecule has 0 bridgehead atoms. The van der Waals surface area contributed by atoms with Gasteiger partial charge in [-0.2, -0.15) is 5.10 Å². The minimum absolute atomic E-state index is 0.0440. The Balaban J connectivity index is 1.91. The van der Waals surface area contributed by atoms with Crippen LogP contribution < -0.4 is 4.74 Å². The van der Waals surface area contributed by atoms with Crippen LogP contribution in [0.4, 0.5) is 0 Å². The van der Waals surface area contributed by atoms with E-state index in [1.54, 1.807) is 19.1 Å². The molecule has 1 aliphatic rings. The Morgan fingerprint density at radius 1 is 1.15 bits per heavy atom. The van der Waals surface area contributed by atoms with E-state index in [2.05, 4.69) is 0 Å². The molecule has 2 aromatic carbocycles. The molecule has 1 aliphatic heterocycles. The van der Waals surface area contributed by atoms with E-state index in [0.717, 1.165) is 28.2 Å². The molecule has 0 N–H and O–H groups in total. The second-order valence-corrected chi connectivity index (χ2v) is 8.55. The van der Waals surface area contributed by atoms with Gasteiger partial charge in [-0.05, 0) is 24.6 Å². The van der Waals surface area contributed by atoms with Gasteiger partial charge in [0.05, 0.1) is 25.5 Å². The molecule has 33 heavy (non-hydrogen) atoms. The first-order valence-electron chi connectivity index (χ1n) is 11.2. The first-order chi connectivity index (χ1) is 15.8. The van der Waals surface area contributed by atoms with Gasteiger partial charge < -0.3 is 14.4 Å². The second kappa shape index (κ2) is 11.1. The largest absolute Gasteiger partial charge is 0.497 e. The monoisotopic (exact) mass is 451 g/mol. The number of carbonyl (C=O) groups is 2. The molecule has 0 spiro atoms. The van der Waals surface area contributed by atoms with Crippen molar-refractivity contribution < 1.29 is 19.1 Å². The van der Waals surface area contributed by atoms with Gasteiger partial charge in [0.1, 0.15) is 12.3 Å². The van der Waals surface area contributed by atoms with Crippen molar-refractivity contribution in [1.29, 1.82) is 0 Å². The highest BCUT2D eigenvalue weighted by molar-refractivity contribution is 6.03. The first kappa shape index (κ1) is 24.5. The third-order valence-electron chi connectivity index (χ3n) is 5.73. The lowest BCUT2D eigenvalue weighted by molar-refractivity contribution is -0.143. The normalized spacial score (nSPS) is 15.5. The third-order valence-corrected chi connectivity index (χ3v) is 5.73. The number of benzene rings is 2. The van der Waals surface area contributed by atoms with Gasteiger partial charge >= 0.3 is 0 Å². The van der Waals surface area contributed by atoms with E-state index in [-0.39, 0.29) is 30.3 Å². The van der Waals surface area contributed by atoms with Gasteiger partial charge in [0, 0.05) is 31.6 Å². The molecule has 0 unspecified atom stereocenters. The molecule has 7 nitrogen and oxygen atoms in total. The van der Waals surface area contributed by atoms with Crippen LogP contribution in [0, 0.1) is 12.8 Å². The van der Waals surface area contributed by atoms with E-state index >= 15 is 0 Å². The number of hydrogen-bond acceptors (Lipinski definition) is 5. The van der Waals surface area contributed by atoms with E-state index in [9.17, 15) is 9.59 Å². The van der Waals surface area contributed by atoms with Crippen LogP contribution in [0.1, 0.15) is 43.0 Å². The van der Waals surface area contributed by atoms with Crippen LogP contribution >= 0.6 is 0 Å². The molecule has 2 aromatic rings. The molecule has 0 saturated carbocycles. The van der Waals surface area contributed by atoms with Crippen molar-refractivity contribution in [3.63, 3.8) is 0 Å². The quantitative estimate of drug-likeness (QED) is 0.581. The lowest BCUT2D eigenvalue weighted by Gasteiger charge is -2.28. The Morgan fingerprint density at radius 2 is 1.88 bits per heavy atom. The van der Waals surface area contributed by atoms with Gasteiger partial charge in [0.2, 0.25) is 5.91 Å². The number of amides is 2. The molecule has 2 amide bonds. The molecule has 0 saturated heterocycles. The average Bonchev–Trinajstić information content (AvgIpc) is 3.27. The van der Waals surface area contributed by atoms with Crippen molar-refractivity contribution >= 4 is 17.5 Å². The predicted octanol–water partition coefficient (Wildman–Crippen LogP) is 3.81. The van der Waals surface area contributed by atoms with Crippen molar-refractivity contribution in [2.45, 2.75) is 33.2 Å². The summed E-state index contributed by atoms with van der Waals surface area (Å²) < 4.78 is 10.5. The molecule has 0 aliphatic carbocycles. The Morgan fingerprint density at radius 3 is 2.52 bits per heavy atom. The summed E-state index contributed by atoms with van der Waals surface area (Å²) in [6, 6.07) is 15.6. The summed E-state index contributed by atoms with van der Waals surface area (Å²) in [7, 11) is 3.21. The third kappa shape index (κ3) is 5.99. The Labute approximate surface area is 196 Å². The Bertz CT molecular complexity index is 1000. The molecule has 0 aromatic heterocycles. The molecule has 0 radical (unpaired) electrons. The van der Waals surface area contributed by atoms with E-state index in [1.807, 2.05) is 69.3 Å². The zero-order valence-corrected chi connectivity index (χ0v) is 20.1. The molecule has 0 fully saturated rings. The van der Waals surface area contributed by atoms with Crippen molar-refractivity contribution in [1.82, 2.24) is 9.91 Å². The van der Waals surface area contributed by atoms with Crippen molar-refractivity contribution in [2.75, 3.05) is 33.9 Å². The second-order valence-electron chi connectivity index (χ2n) is 8.55. The zero-order valence-electron chi connectivity index (χ0n) is 20.1. The maximum Gasteiger partial charge on any atom is 0.262 e.